The average Bonchev–Trinajstić information content (AvgIpc) is 2.90. The van der Waals surface area contributed by atoms with Crippen molar-refractivity contribution >= 4 is 23.3 Å². The molecule has 1 atom stereocenters. The van der Waals surface area contributed by atoms with Gasteiger partial charge in [0.25, 0.3) is 11.8 Å². The molecule has 0 aliphatic rings. The smallest absolute Gasteiger partial charge is 0.273 e. The van der Waals surface area contributed by atoms with Crippen molar-refractivity contribution in [3.8, 4) is 11.5 Å². The summed E-state index contributed by atoms with van der Waals surface area (Å²) in [6.07, 6.45) is 3.02. The van der Waals surface area contributed by atoms with Crippen LogP contribution in [0.5, 0.6) is 11.5 Å². The number of carbonyl (C=O) groups excluding carboxylic acids is 2. The molecule has 3 rings (SSSR count). The lowest BCUT2D eigenvalue weighted by molar-refractivity contribution is -0.141. The minimum atomic E-state index is -0.887. The molecule has 0 saturated heterocycles. The van der Waals surface area contributed by atoms with Crippen LogP contribution in [0.2, 0.25) is 0 Å². The van der Waals surface area contributed by atoms with Crippen LogP contribution in [-0.4, -0.2) is 61.0 Å². The molecule has 0 aliphatic heterocycles. The molecule has 188 valence electrons. The van der Waals surface area contributed by atoms with Crippen molar-refractivity contribution < 1.29 is 19.1 Å². The maximum Gasteiger partial charge on any atom is 0.273 e. The minimum Gasteiger partial charge on any atom is -0.493 e. The number of hydrazine groups is 1. The monoisotopic (exact) mass is 490 g/mol. The van der Waals surface area contributed by atoms with Gasteiger partial charge in [-0.1, -0.05) is 6.07 Å². The van der Waals surface area contributed by atoms with E-state index in [4.69, 9.17) is 20.6 Å². The van der Waals surface area contributed by atoms with E-state index in [9.17, 15) is 9.59 Å². The number of nitrogens with two attached hydrogens (primary N) is 1. The van der Waals surface area contributed by atoms with Gasteiger partial charge in [-0.2, -0.15) is 0 Å². The number of carbonyl (C=O) groups is 2. The molecular formula is C26H30N6O4. The molecular weight excluding hydrogens is 460 g/mol. The normalized spacial score (nSPS) is 11.2. The first-order valence-corrected chi connectivity index (χ1v) is 11.1. The van der Waals surface area contributed by atoms with Crippen LogP contribution in [0.4, 0.5) is 5.69 Å². The van der Waals surface area contributed by atoms with Crippen LogP contribution < -0.4 is 20.5 Å². The number of pyridine rings is 1. The van der Waals surface area contributed by atoms with Crippen LogP contribution in [-0.2, 0) is 4.79 Å². The molecule has 1 heterocycles. The molecule has 0 aliphatic carbocycles. The third-order valence-corrected chi connectivity index (χ3v) is 5.87. The van der Waals surface area contributed by atoms with E-state index < -0.39 is 6.04 Å². The van der Waals surface area contributed by atoms with Crippen LogP contribution in [0.15, 0.2) is 60.9 Å². The molecule has 1 unspecified atom stereocenters. The van der Waals surface area contributed by atoms with E-state index in [1.807, 2.05) is 6.92 Å². The van der Waals surface area contributed by atoms with Gasteiger partial charge in [0.1, 0.15) is 11.9 Å². The number of rotatable bonds is 8. The zero-order valence-corrected chi connectivity index (χ0v) is 20.9. The Labute approximate surface area is 210 Å². The van der Waals surface area contributed by atoms with Crippen LogP contribution >= 0.6 is 0 Å². The predicted octanol–water partition coefficient (Wildman–Crippen LogP) is 2.99. The van der Waals surface area contributed by atoms with Gasteiger partial charge in [0, 0.05) is 43.3 Å². The van der Waals surface area contributed by atoms with Gasteiger partial charge in [-0.15, -0.1) is 0 Å². The van der Waals surface area contributed by atoms with Crippen LogP contribution in [0, 0.1) is 12.3 Å². The number of amidine groups is 1. The fraction of sp³-hybridized carbons (Fsp3) is 0.231. The highest BCUT2D eigenvalue weighted by Gasteiger charge is 2.31. The summed E-state index contributed by atoms with van der Waals surface area (Å²) in [5, 5.41) is 13.4. The van der Waals surface area contributed by atoms with Crippen molar-refractivity contribution in [3.63, 3.8) is 0 Å². The van der Waals surface area contributed by atoms with Crippen molar-refractivity contribution in [2.24, 2.45) is 5.73 Å². The molecule has 0 fully saturated rings. The molecule has 0 bridgehead atoms. The highest BCUT2D eigenvalue weighted by Crippen LogP contribution is 2.37. The molecule has 4 N–H and O–H groups in total. The minimum absolute atomic E-state index is 0.0554. The lowest BCUT2D eigenvalue weighted by atomic mass is 9.98. The van der Waals surface area contributed by atoms with Crippen molar-refractivity contribution in [2.75, 3.05) is 33.6 Å². The molecule has 0 spiro atoms. The second kappa shape index (κ2) is 11.2. The van der Waals surface area contributed by atoms with Crippen molar-refractivity contribution in [1.29, 1.82) is 5.41 Å². The third kappa shape index (κ3) is 5.38. The average molecular weight is 491 g/mol. The summed E-state index contributed by atoms with van der Waals surface area (Å²) in [7, 11) is 6.13. The SMILES string of the molecule is COc1ccc(C(Nc2ccc(C(=N)N)cc2)C(=O)N(C)N(C)C(=O)c2cccnc2)c(C)c1OC. The summed E-state index contributed by atoms with van der Waals surface area (Å²) >= 11 is 0. The number of nitrogen functional groups attached to an aromatic ring is 1. The van der Waals surface area contributed by atoms with Gasteiger partial charge in [0.2, 0.25) is 0 Å². The number of ether oxygens (including phenoxy) is 2. The molecule has 10 nitrogen and oxygen atoms in total. The number of nitrogens with one attached hydrogen (secondary N) is 2. The second-order valence-electron chi connectivity index (χ2n) is 8.02. The van der Waals surface area contributed by atoms with Gasteiger partial charge in [-0.3, -0.25) is 30.0 Å². The van der Waals surface area contributed by atoms with E-state index in [0.29, 0.717) is 39.4 Å². The predicted molar refractivity (Wildman–Crippen MR) is 137 cm³/mol. The summed E-state index contributed by atoms with van der Waals surface area (Å²) < 4.78 is 10.9. The highest BCUT2D eigenvalue weighted by molar-refractivity contribution is 5.96. The number of likely N-dealkylation sites (N-methyl/N-ethyl adjacent to an activating group) is 1. The van der Waals surface area contributed by atoms with Crippen molar-refractivity contribution in [1.82, 2.24) is 15.0 Å². The lowest BCUT2D eigenvalue weighted by Gasteiger charge is -2.33. The number of nitrogens with zero attached hydrogens (tertiary/aromatic N) is 3. The molecule has 10 heteroatoms. The van der Waals surface area contributed by atoms with Crippen LogP contribution in [0.1, 0.15) is 33.1 Å². The number of hydrogen-bond donors (Lipinski definition) is 3. The molecule has 0 radical (unpaired) electrons. The quantitative estimate of drug-likeness (QED) is 0.251. The largest absolute Gasteiger partial charge is 0.493 e. The van der Waals surface area contributed by atoms with Gasteiger partial charge in [0.15, 0.2) is 11.5 Å². The number of methoxy groups -OCH3 is 2. The van der Waals surface area contributed by atoms with Gasteiger partial charge >= 0.3 is 0 Å². The van der Waals surface area contributed by atoms with Gasteiger partial charge in [0.05, 0.1) is 19.8 Å². The Morgan fingerprint density at radius 1 is 1.00 bits per heavy atom. The Balaban J connectivity index is 2.01. The van der Waals surface area contributed by atoms with Crippen molar-refractivity contribution in [2.45, 2.75) is 13.0 Å². The Morgan fingerprint density at radius 2 is 1.69 bits per heavy atom. The fourth-order valence-corrected chi connectivity index (χ4v) is 3.74. The number of amides is 2. The number of anilines is 1. The van der Waals surface area contributed by atoms with E-state index in [-0.39, 0.29) is 17.6 Å². The standard InChI is InChI=1S/C26H30N6O4/c1-16-20(12-13-21(35-4)23(16)36-5)22(30-19-10-8-17(9-11-19)24(27)28)26(34)32(3)31(2)25(33)18-7-6-14-29-15-18/h6-15,22,30H,1-5H3,(H3,27,28). The lowest BCUT2D eigenvalue weighted by Crippen LogP contribution is -2.48. The number of hydrogen-bond acceptors (Lipinski definition) is 7. The Morgan fingerprint density at radius 3 is 2.25 bits per heavy atom. The zero-order chi connectivity index (χ0) is 26.4. The summed E-state index contributed by atoms with van der Waals surface area (Å²) in [5.74, 6) is 0.213. The van der Waals surface area contributed by atoms with E-state index in [1.165, 1.54) is 37.4 Å². The second-order valence-corrected chi connectivity index (χ2v) is 8.02. The third-order valence-electron chi connectivity index (χ3n) is 5.87. The topological polar surface area (TPSA) is 134 Å². The summed E-state index contributed by atoms with van der Waals surface area (Å²) in [6.45, 7) is 1.84. The van der Waals surface area contributed by atoms with E-state index in [1.54, 1.807) is 61.8 Å². The fourth-order valence-electron chi connectivity index (χ4n) is 3.74. The van der Waals surface area contributed by atoms with Crippen molar-refractivity contribution in [3.05, 3.63) is 83.2 Å². The van der Waals surface area contributed by atoms with Gasteiger partial charge < -0.3 is 20.5 Å². The molecule has 0 saturated carbocycles. The van der Waals surface area contributed by atoms with E-state index >= 15 is 0 Å². The molecule has 3 aromatic rings. The maximum atomic E-state index is 13.8. The summed E-state index contributed by atoms with van der Waals surface area (Å²) in [4.78, 5) is 30.8. The Kier molecular flexibility index (Phi) is 8.11. The summed E-state index contributed by atoms with van der Waals surface area (Å²) in [5.41, 5.74) is 8.45. The first-order chi connectivity index (χ1) is 17.2. The first-order valence-electron chi connectivity index (χ1n) is 11.1. The molecule has 1 aromatic heterocycles. The van der Waals surface area contributed by atoms with Gasteiger partial charge in [-0.05, 0) is 55.0 Å². The maximum absolute atomic E-state index is 13.8. The van der Waals surface area contributed by atoms with Gasteiger partial charge in [-0.25, -0.2) is 0 Å². The summed E-state index contributed by atoms with van der Waals surface area (Å²) in [6, 6.07) is 12.8. The first kappa shape index (κ1) is 26.0. The zero-order valence-electron chi connectivity index (χ0n) is 20.9. The molecule has 36 heavy (non-hydrogen) atoms. The Hall–Kier alpha value is -4.60. The number of aromatic nitrogens is 1. The highest BCUT2D eigenvalue weighted by atomic mass is 16.5. The Bertz CT molecular complexity index is 1250. The van der Waals surface area contributed by atoms with E-state index in [0.717, 1.165) is 0 Å². The van der Waals surface area contributed by atoms with Crippen LogP contribution in [0.3, 0.4) is 0 Å². The molecule has 2 amide bonds. The molecule has 2 aromatic carbocycles. The van der Waals surface area contributed by atoms with E-state index in [2.05, 4.69) is 10.3 Å². The van der Waals surface area contributed by atoms with Crippen LogP contribution in [0.25, 0.3) is 0 Å². The number of benzene rings is 2.